The minimum Gasteiger partial charge on any atom is -0.356 e. The van der Waals surface area contributed by atoms with E-state index < -0.39 is 0 Å². The average molecular weight is 300 g/mol. The molecule has 0 saturated heterocycles. The van der Waals surface area contributed by atoms with E-state index in [4.69, 9.17) is 4.52 Å². The zero-order valence-electron chi connectivity index (χ0n) is 13.4. The van der Waals surface area contributed by atoms with Gasteiger partial charge in [-0.1, -0.05) is 36.6 Å². The van der Waals surface area contributed by atoms with Crippen molar-refractivity contribution in [2.75, 3.05) is 0 Å². The lowest BCUT2D eigenvalue weighted by molar-refractivity contribution is -0.135. The van der Waals surface area contributed by atoms with Crippen LogP contribution in [-0.2, 0) is 11.2 Å². The lowest BCUT2D eigenvalue weighted by Gasteiger charge is -2.37. The summed E-state index contributed by atoms with van der Waals surface area (Å²) in [6.07, 6.45) is 6.34. The summed E-state index contributed by atoms with van der Waals surface area (Å²) in [7, 11) is 0. The normalized spacial score (nSPS) is 16.3. The Hall–Kier alpha value is -1.84. The molecule has 1 heterocycles. The van der Waals surface area contributed by atoms with Crippen molar-refractivity contribution in [2.45, 2.75) is 64.5 Å². The van der Waals surface area contributed by atoms with Crippen molar-refractivity contribution < 1.29 is 9.32 Å². The molecule has 1 aliphatic carbocycles. The predicted molar refractivity (Wildman–Crippen MR) is 86.6 cm³/mol. The van der Waals surface area contributed by atoms with E-state index in [0.29, 0.717) is 12.5 Å². The highest BCUT2D eigenvalue weighted by Crippen LogP contribution is 2.26. The first-order valence-electron chi connectivity index (χ1n) is 8.31. The molecule has 1 aromatic carbocycles. The number of benzene rings is 1. The van der Waals surface area contributed by atoms with Crippen LogP contribution < -0.4 is 0 Å². The van der Waals surface area contributed by atoms with E-state index in [1.807, 2.05) is 24.3 Å². The van der Waals surface area contributed by atoms with Gasteiger partial charge in [-0.2, -0.15) is 0 Å². The number of aromatic nitrogens is 1. The third-order valence-electron chi connectivity index (χ3n) is 4.58. The molecule has 0 atom stereocenters. The monoisotopic (exact) mass is 300 g/mol. The number of amides is 1. The fraction of sp³-hybridized carbons (Fsp3) is 0.556. The Kier molecular flexibility index (Phi) is 4.46. The smallest absolute Gasteiger partial charge is 0.229 e. The first-order valence-corrected chi connectivity index (χ1v) is 8.31. The second kappa shape index (κ2) is 6.51. The van der Waals surface area contributed by atoms with E-state index in [0.717, 1.165) is 29.5 Å². The van der Waals surface area contributed by atoms with Gasteiger partial charge in [0.2, 0.25) is 5.91 Å². The highest BCUT2D eigenvalue weighted by atomic mass is 16.5. The van der Waals surface area contributed by atoms with Crippen LogP contribution in [-0.4, -0.2) is 28.0 Å². The van der Waals surface area contributed by atoms with Crippen LogP contribution in [0.4, 0.5) is 0 Å². The molecule has 0 N–H and O–H groups in total. The molecule has 0 radical (unpaired) electrons. The molecule has 3 rings (SSSR count). The molecule has 0 spiro atoms. The van der Waals surface area contributed by atoms with Crippen molar-refractivity contribution in [3.63, 3.8) is 0 Å². The zero-order valence-corrected chi connectivity index (χ0v) is 13.4. The van der Waals surface area contributed by atoms with Crippen molar-refractivity contribution in [1.82, 2.24) is 10.1 Å². The first-order chi connectivity index (χ1) is 10.7. The fourth-order valence-electron chi connectivity index (χ4n) is 3.57. The summed E-state index contributed by atoms with van der Waals surface area (Å²) in [5.41, 5.74) is 1.50. The second-order valence-corrected chi connectivity index (χ2v) is 6.49. The molecule has 1 saturated carbocycles. The molecule has 1 aromatic heterocycles. The van der Waals surface area contributed by atoms with Gasteiger partial charge in [0.25, 0.3) is 0 Å². The van der Waals surface area contributed by atoms with Crippen LogP contribution >= 0.6 is 0 Å². The first kappa shape index (κ1) is 15.1. The van der Waals surface area contributed by atoms with Crippen LogP contribution in [0.25, 0.3) is 11.0 Å². The van der Waals surface area contributed by atoms with E-state index in [9.17, 15) is 4.79 Å². The summed E-state index contributed by atoms with van der Waals surface area (Å²) in [6, 6.07) is 8.34. The van der Waals surface area contributed by atoms with E-state index in [1.54, 1.807) is 0 Å². The number of carbonyl (C=O) groups excluding carboxylic acids is 1. The molecule has 22 heavy (non-hydrogen) atoms. The van der Waals surface area contributed by atoms with E-state index in [2.05, 4.69) is 23.9 Å². The van der Waals surface area contributed by atoms with Crippen molar-refractivity contribution >= 4 is 16.9 Å². The molecule has 1 amide bonds. The van der Waals surface area contributed by atoms with Gasteiger partial charge in [0.05, 0.1) is 6.42 Å². The molecule has 4 heteroatoms. The molecule has 0 unspecified atom stereocenters. The molecular formula is C18H24N2O2. The van der Waals surface area contributed by atoms with Crippen LogP contribution in [0.5, 0.6) is 0 Å². The van der Waals surface area contributed by atoms with Gasteiger partial charge < -0.3 is 9.42 Å². The van der Waals surface area contributed by atoms with Crippen LogP contribution in [0.1, 0.15) is 51.6 Å². The highest BCUT2D eigenvalue weighted by Gasteiger charge is 2.28. The molecule has 118 valence electrons. The standard InChI is InChI=1S/C18H24N2O2/c1-13(2)20(14-8-4-3-5-9-14)18(21)12-16-15-10-6-7-11-17(15)22-19-16/h6-7,10-11,13-14H,3-5,8-9,12H2,1-2H3. The van der Waals surface area contributed by atoms with Crippen LogP contribution in [0.2, 0.25) is 0 Å². The minimum atomic E-state index is 0.168. The molecular weight excluding hydrogens is 276 g/mol. The van der Waals surface area contributed by atoms with Crippen molar-refractivity contribution in [3.8, 4) is 0 Å². The summed E-state index contributed by atoms with van der Waals surface area (Å²) in [5, 5.41) is 5.05. The minimum absolute atomic E-state index is 0.168. The Balaban J connectivity index is 1.78. The van der Waals surface area contributed by atoms with E-state index in [-0.39, 0.29) is 11.9 Å². The lowest BCUT2D eigenvalue weighted by atomic mass is 9.93. The number of hydrogen-bond acceptors (Lipinski definition) is 3. The number of carbonyl (C=O) groups is 1. The molecule has 2 aromatic rings. The third kappa shape index (κ3) is 3.01. The summed E-state index contributed by atoms with van der Waals surface area (Å²) in [5.74, 6) is 0.168. The van der Waals surface area contributed by atoms with Crippen LogP contribution in [0.15, 0.2) is 28.8 Å². The van der Waals surface area contributed by atoms with Gasteiger partial charge in [-0.3, -0.25) is 4.79 Å². The maximum absolute atomic E-state index is 12.8. The van der Waals surface area contributed by atoms with Gasteiger partial charge >= 0.3 is 0 Å². The lowest BCUT2D eigenvalue weighted by Crippen LogP contribution is -2.46. The largest absolute Gasteiger partial charge is 0.356 e. The molecule has 1 fully saturated rings. The van der Waals surface area contributed by atoms with Gasteiger partial charge in [0, 0.05) is 17.5 Å². The third-order valence-corrected chi connectivity index (χ3v) is 4.58. The number of para-hydroxylation sites is 1. The Bertz CT molecular complexity index is 641. The van der Waals surface area contributed by atoms with Gasteiger partial charge in [0.1, 0.15) is 5.69 Å². The number of fused-ring (bicyclic) bond motifs is 1. The highest BCUT2D eigenvalue weighted by molar-refractivity contribution is 5.86. The van der Waals surface area contributed by atoms with Gasteiger partial charge in [-0.15, -0.1) is 0 Å². The summed E-state index contributed by atoms with van der Waals surface area (Å²) >= 11 is 0. The van der Waals surface area contributed by atoms with Gasteiger partial charge in [0.15, 0.2) is 5.58 Å². The topological polar surface area (TPSA) is 46.3 Å². The number of rotatable bonds is 4. The van der Waals surface area contributed by atoms with Crippen molar-refractivity contribution in [2.24, 2.45) is 0 Å². The molecule has 0 aliphatic heterocycles. The predicted octanol–water partition coefficient (Wildman–Crippen LogP) is 3.94. The van der Waals surface area contributed by atoms with E-state index >= 15 is 0 Å². The molecule has 0 bridgehead atoms. The van der Waals surface area contributed by atoms with E-state index in [1.165, 1.54) is 19.3 Å². The van der Waals surface area contributed by atoms with Crippen LogP contribution in [0.3, 0.4) is 0 Å². The maximum atomic E-state index is 12.8. The number of hydrogen-bond donors (Lipinski definition) is 0. The number of nitrogens with zero attached hydrogens (tertiary/aromatic N) is 2. The molecule has 1 aliphatic rings. The fourth-order valence-corrected chi connectivity index (χ4v) is 3.57. The zero-order chi connectivity index (χ0) is 15.5. The second-order valence-electron chi connectivity index (χ2n) is 6.49. The SMILES string of the molecule is CC(C)N(C(=O)Cc1noc2ccccc12)C1CCCCC1. The molecule has 4 nitrogen and oxygen atoms in total. The Morgan fingerprint density at radius 3 is 2.73 bits per heavy atom. The van der Waals surface area contributed by atoms with Crippen molar-refractivity contribution in [1.29, 1.82) is 0 Å². The van der Waals surface area contributed by atoms with Gasteiger partial charge in [-0.25, -0.2) is 0 Å². The Morgan fingerprint density at radius 2 is 2.00 bits per heavy atom. The average Bonchev–Trinajstić information content (AvgIpc) is 2.91. The van der Waals surface area contributed by atoms with Crippen molar-refractivity contribution in [3.05, 3.63) is 30.0 Å². The van der Waals surface area contributed by atoms with Crippen LogP contribution in [0, 0.1) is 0 Å². The summed E-state index contributed by atoms with van der Waals surface area (Å²) in [6.45, 7) is 4.21. The Morgan fingerprint density at radius 1 is 1.27 bits per heavy atom. The maximum Gasteiger partial charge on any atom is 0.229 e. The summed E-state index contributed by atoms with van der Waals surface area (Å²) in [4.78, 5) is 14.9. The summed E-state index contributed by atoms with van der Waals surface area (Å²) < 4.78 is 5.31. The van der Waals surface area contributed by atoms with Gasteiger partial charge in [-0.05, 0) is 38.8 Å². The Labute approximate surface area is 131 Å². The quantitative estimate of drug-likeness (QED) is 0.859.